The van der Waals surface area contributed by atoms with Gasteiger partial charge in [-0.05, 0) is 40.2 Å². The number of thiophene rings is 1. The highest BCUT2D eigenvalue weighted by atomic mass is 79.9. The van der Waals surface area contributed by atoms with E-state index in [-0.39, 0.29) is 11.7 Å². The van der Waals surface area contributed by atoms with Gasteiger partial charge in [0.15, 0.2) is 5.13 Å². The zero-order valence-electron chi connectivity index (χ0n) is 11.0. The Kier molecular flexibility index (Phi) is 4.30. The van der Waals surface area contributed by atoms with Gasteiger partial charge in [-0.25, -0.2) is 4.98 Å². The van der Waals surface area contributed by atoms with Crippen LogP contribution in [0, 0.1) is 0 Å². The zero-order chi connectivity index (χ0) is 16.6. The number of alkyl halides is 3. The van der Waals surface area contributed by atoms with Crippen LogP contribution in [0.1, 0.15) is 9.67 Å². The monoisotopic (exact) mass is 422 g/mol. The minimum absolute atomic E-state index is 0.304. The maximum Gasteiger partial charge on any atom is 0.573 e. The van der Waals surface area contributed by atoms with Crippen molar-refractivity contribution in [2.45, 2.75) is 6.36 Å². The van der Waals surface area contributed by atoms with Gasteiger partial charge in [-0.3, -0.25) is 10.1 Å². The second kappa shape index (κ2) is 6.10. The van der Waals surface area contributed by atoms with Gasteiger partial charge in [-0.2, -0.15) is 0 Å². The topological polar surface area (TPSA) is 51.2 Å². The predicted molar refractivity (Wildman–Crippen MR) is 86.3 cm³/mol. The lowest BCUT2D eigenvalue weighted by Gasteiger charge is -2.07. The summed E-state index contributed by atoms with van der Waals surface area (Å²) >= 11 is 5.60. The van der Waals surface area contributed by atoms with Gasteiger partial charge in [0.2, 0.25) is 0 Å². The molecule has 4 nitrogen and oxygen atoms in total. The minimum Gasteiger partial charge on any atom is -0.406 e. The van der Waals surface area contributed by atoms with Crippen molar-refractivity contribution in [3.8, 4) is 5.75 Å². The SMILES string of the molecule is O=C(Nc1nc2ccc(OC(F)(F)F)cc2s1)c1ccc(Br)s1. The van der Waals surface area contributed by atoms with Crippen molar-refractivity contribution in [3.63, 3.8) is 0 Å². The molecule has 120 valence electrons. The third kappa shape index (κ3) is 4.01. The molecular weight excluding hydrogens is 417 g/mol. The van der Waals surface area contributed by atoms with Crippen molar-refractivity contribution >= 4 is 59.9 Å². The zero-order valence-corrected chi connectivity index (χ0v) is 14.2. The fraction of sp³-hybridized carbons (Fsp3) is 0.0769. The summed E-state index contributed by atoms with van der Waals surface area (Å²) in [5, 5.41) is 2.93. The van der Waals surface area contributed by atoms with E-state index in [1.54, 1.807) is 12.1 Å². The Labute approximate surface area is 144 Å². The summed E-state index contributed by atoms with van der Waals surface area (Å²) in [6.07, 6.45) is -4.75. The summed E-state index contributed by atoms with van der Waals surface area (Å²) in [5.74, 6) is -0.653. The summed E-state index contributed by atoms with van der Waals surface area (Å²) in [4.78, 5) is 16.7. The molecule has 0 unspecified atom stereocenters. The molecule has 3 rings (SSSR count). The quantitative estimate of drug-likeness (QED) is 0.625. The molecule has 10 heteroatoms. The molecule has 0 atom stereocenters. The Hall–Kier alpha value is -1.65. The van der Waals surface area contributed by atoms with Crippen molar-refractivity contribution < 1.29 is 22.7 Å². The lowest BCUT2D eigenvalue weighted by atomic mass is 10.3. The van der Waals surface area contributed by atoms with Crippen LogP contribution >= 0.6 is 38.6 Å². The first kappa shape index (κ1) is 16.2. The Morgan fingerprint density at radius 2 is 2.00 bits per heavy atom. The van der Waals surface area contributed by atoms with Crippen LogP contribution in [-0.2, 0) is 0 Å². The van der Waals surface area contributed by atoms with Crippen molar-refractivity contribution in [2.75, 3.05) is 5.32 Å². The highest BCUT2D eigenvalue weighted by molar-refractivity contribution is 9.11. The highest BCUT2D eigenvalue weighted by Gasteiger charge is 2.31. The predicted octanol–water partition coefficient (Wildman–Crippen LogP) is 5.27. The molecule has 0 radical (unpaired) electrons. The molecule has 1 amide bonds. The molecule has 0 fully saturated rings. The van der Waals surface area contributed by atoms with Gasteiger partial charge in [0.05, 0.1) is 18.9 Å². The number of aromatic nitrogens is 1. The van der Waals surface area contributed by atoms with E-state index in [1.165, 1.54) is 29.5 Å². The smallest absolute Gasteiger partial charge is 0.406 e. The van der Waals surface area contributed by atoms with E-state index in [2.05, 4.69) is 31.0 Å². The highest BCUT2D eigenvalue weighted by Crippen LogP contribution is 2.32. The van der Waals surface area contributed by atoms with Gasteiger partial charge >= 0.3 is 6.36 Å². The van der Waals surface area contributed by atoms with E-state index in [4.69, 9.17) is 0 Å². The molecule has 3 aromatic rings. The van der Waals surface area contributed by atoms with Gasteiger partial charge in [0.1, 0.15) is 5.75 Å². The molecule has 0 aliphatic heterocycles. The van der Waals surface area contributed by atoms with Crippen LogP contribution in [0.5, 0.6) is 5.75 Å². The van der Waals surface area contributed by atoms with E-state index in [0.29, 0.717) is 20.2 Å². The first-order valence-electron chi connectivity index (χ1n) is 6.03. The lowest BCUT2D eigenvalue weighted by molar-refractivity contribution is -0.274. The van der Waals surface area contributed by atoms with E-state index in [9.17, 15) is 18.0 Å². The Bertz CT molecular complexity index is 876. The largest absolute Gasteiger partial charge is 0.573 e. The van der Waals surface area contributed by atoms with Crippen molar-refractivity contribution in [3.05, 3.63) is 39.0 Å². The summed E-state index contributed by atoms with van der Waals surface area (Å²) < 4.78 is 41.8. The molecular formula is C13H6BrF3N2O2S2. The lowest BCUT2D eigenvalue weighted by Crippen LogP contribution is -2.16. The summed E-state index contributed by atoms with van der Waals surface area (Å²) in [5.41, 5.74) is 0.479. The number of hydrogen-bond donors (Lipinski definition) is 1. The Balaban J connectivity index is 1.81. The number of thiazole rings is 1. The molecule has 0 bridgehead atoms. The second-order valence-corrected chi connectivity index (χ2v) is 7.75. The van der Waals surface area contributed by atoms with Crippen molar-refractivity contribution in [1.82, 2.24) is 4.98 Å². The van der Waals surface area contributed by atoms with Gasteiger partial charge in [-0.1, -0.05) is 11.3 Å². The maximum atomic E-state index is 12.2. The minimum atomic E-state index is -4.75. The standard InChI is InChI=1S/C13H6BrF3N2O2S2/c14-10-4-3-8(22-10)11(20)19-12-18-7-2-1-6(5-9(7)23-12)21-13(15,16)17/h1-5H,(H,18,19,20). The van der Waals surface area contributed by atoms with Crippen LogP contribution in [0.3, 0.4) is 0 Å². The van der Waals surface area contributed by atoms with Gasteiger partial charge in [0, 0.05) is 6.07 Å². The first-order chi connectivity index (χ1) is 10.8. The van der Waals surface area contributed by atoms with E-state index in [1.807, 2.05) is 0 Å². The number of carbonyl (C=O) groups is 1. The van der Waals surface area contributed by atoms with Crippen LogP contribution in [0.2, 0.25) is 0 Å². The molecule has 1 N–H and O–H groups in total. The molecule has 2 aromatic heterocycles. The van der Waals surface area contributed by atoms with Gasteiger partial charge in [-0.15, -0.1) is 24.5 Å². The Morgan fingerprint density at radius 3 is 2.65 bits per heavy atom. The molecule has 2 heterocycles. The number of benzene rings is 1. The molecule has 1 aromatic carbocycles. The van der Waals surface area contributed by atoms with Gasteiger partial charge in [0.25, 0.3) is 5.91 Å². The Morgan fingerprint density at radius 1 is 1.22 bits per heavy atom. The number of hydrogen-bond acceptors (Lipinski definition) is 5. The number of fused-ring (bicyclic) bond motifs is 1. The number of amides is 1. The number of anilines is 1. The van der Waals surface area contributed by atoms with E-state index in [0.717, 1.165) is 15.1 Å². The molecule has 0 aliphatic carbocycles. The molecule has 0 spiro atoms. The third-order valence-corrected chi connectivity index (χ3v) is 5.17. The number of nitrogens with zero attached hydrogens (tertiary/aromatic N) is 1. The number of carbonyl (C=O) groups excluding carboxylic acids is 1. The van der Waals surface area contributed by atoms with Crippen LogP contribution < -0.4 is 10.1 Å². The molecule has 0 aliphatic rings. The summed E-state index contributed by atoms with van der Waals surface area (Å²) in [6.45, 7) is 0. The fourth-order valence-electron chi connectivity index (χ4n) is 1.75. The third-order valence-electron chi connectivity index (χ3n) is 2.61. The number of halogens is 4. The fourth-order valence-corrected chi connectivity index (χ4v) is 3.92. The van der Waals surface area contributed by atoms with Crippen molar-refractivity contribution in [2.24, 2.45) is 0 Å². The molecule has 23 heavy (non-hydrogen) atoms. The normalized spacial score (nSPS) is 11.7. The van der Waals surface area contributed by atoms with Crippen LogP contribution in [0.25, 0.3) is 10.2 Å². The van der Waals surface area contributed by atoms with Crippen LogP contribution in [0.4, 0.5) is 18.3 Å². The molecule has 0 saturated heterocycles. The van der Waals surface area contributed by atoms with Crippen molar-refractivity contribution in [1.29, 1.82) is 0 Å². The summed E-state index contributed by atoms with van der Waals surface area (Å²) in [6, 6.07) is 7.23. The van der Waals surface area contributed by atoms with E-state index < -0.39 is 6.36 Å². The average molecular weight is 423 g/mol. The number of nitrogens with one attached hydrogen (secondary N) is 1. The van der Waals surface area contributed by atoms with E-state index >= 15 is 0 Å². The average Bonchev–Trinajstić information content (AvgIpc) is 3.02. The van der Waals surface area contributed by atoms with Crippen LogP contribution in [-0.4, -0.2) is 17.3 Å². The second-order valence-electron chi connectivity index (χ2n) is 4.25. The van der Waals surface area contributed by atoms with Crippen LogP contribution in [0.15, 0.2) is 34.1 Å². The van der Waals surface area contributed by atoms with Gasteiger partial charge < -0.3 is 4.74 Å². The maximum absolute atomic E-state index is 12.2. The number of ether oxygens (including phenoxy) is 1. The first-order valence-corrected chi connectivity index (χ1v) is 8.46. The molecule has 0 saturated carbocycles. The summed E-state index contributed by atoms with van der Waals surface area (Å²) in [7, 11) is 0. The number of rotatable bonds is 3.